The van der Waals surface area contributed by atoms with Gasteiger partial charge in [0.2, 0.25) is 0 Å². The van der Waals surface area contributed by atoms with Crippen molar-refractivity contribution in [3.05, 3.63) is 77.9 Å². The number of carbonyl (C=O) groups excluding carboxylic acids is 1. The van der Waals surface area contributed by atoms with Crippen LogP contribution in [0.4, 0.5) is 16.2 Å². The lowest BCUT2D eigenvalue weighted by Crippen LogP contribution is -2.19. The monoisotopic (exact) mass is 412 g/mol. The van der Waals surface area contributed by atoms with Crippen LogP contribution in [0.15, 0.2) is 71.6 Å². The molecule has 0 heterocycles. The van der Waals surface area contributed by atoms with Gasteiger partial charge in [-0.2, -0.15) is 8.42 Å². The SMILES string of the molecule is Cc1cc(C)cc(S(=O)(=O)Oc2ccc(NC(=O)Nc3ccc(O)cc3)cc2)c1. The minimum atomic E-state index is -3.96. The highest BCUT2D eigenvalue weighted by Crippen LogP contribution is 2.22. The normalized spacial score (nSPS) is 11.0. The zero-order valence-electron chi connectivity index (χ0n) is 15.8. The van der Waals surface area contributed by atoms with Gasteiger partial charge in [0.15, 0.2) is 0 Å². The summed E-state index contributed by atoms with van der Waals surface area (Å²) < 4.78 is 30.1. The Morgan fingerprint density at radius 1 is 0.828 bits per heavy atom. The van der Waals surface area contributed by atoms with Crippen LogP contribution in [0.2, 0.25) is 0 Å². The number of amides is 2. The van der Waals surface area contributed by atoms with Crippen LogP contribution in [0.25, 0.3) is 0 Å². The number of anilines is 2. The molecule has 3 N–H and O–H groups in total. The van der Waals surface area contributed by atoms with Gasteiger partial charge in [0, 0.05) is 11.4 Å². The van der Waals surface area contributed by atoms with E-state index in [1.54, 1.807) is 24.3 Å². The van der Waals surface area contributed by atoms with Gasteiger partial charge < -0.3 is 19.9 Å². The first-order valence-corrected chi connectivity index (χ1v) is 10.1. The first kappa shape index (κ1) is 20.2. The van der Waals surface area contributed by atoms with Crippen LogP contribution in [0.3, 0.4) is 0 Å². The van der Waals surface area contributed by atoms with E-state index in [4.69, 9.17) is 4.18 Å². The van der Waals surface area contributed by atoms with Crippen LogP contribution < -0.4 is 14.8 Å². The fraction of sp³-hybridized carbons (Fsp3) is 0.0952. The van der Waals surface area contributed by atoms with Crippen LogP contribution in [0.5, 0.6) is 11.5 Å². The maximum absolute atomic E-state index is 12.5. The number of carbonyl (C=O) groups is 1. The number of phenolic OH excluding ortho intramolecular Hbond substituents is 1. The van der Waals surface area contributed by atoms with Crippen molar-refractivity contribution >= 4 is 27.5 Å². The molecule has 0 aliphatic rings. The summed E-state index contributed by atoms with van der Waals surface area (Å²) in [5, 5.41) is 14.5. The third-order valence-corrected chi connectivity index (χ3v) is 5.15. The summed E-state index contributed by atoms with van der Waals surface area (Å²) in [4.78, 5) is 12.1. The Morgan fingerprint density at radius 2 is 1.31 bits per heavy atom. The summed E-state index contributed by atoms with van der Waals surface area (Å²) in [6.45, 7) is 3.63. The van der Waals surface area contributed by atoms with E-state index in [1.165, 1.54) is 36.4 Å². The van der Waals surface area contributed by atoms with E-state index < -0.39 is 16.1 Å². The second-order valence-electron chi connectivity index (χ2n) is 6.51. The number of phenols is 1. The van der Waals surface area contributed by atoms with Crippen molar-refractivity contribution in [2.24, 2.45) is 0 Å². The lowest BCUT2D eigenvalue weighted by molar-refractivity contribution is 0.262. The average Bonchev–Trinajstić information content (AvgIpc) is 2.64. The topological polar surface area (TPSA) is 105 Å². The molecule has 0 unspecified atom stereocenters. The molecule has 0 aliphatic carbocycles. The summed E-state index contributed by atoms with van der Waals surface area (Å²) in [6, 6.07) is 16.5. The standard InChI is InChI=1S/C21H20N2O5S/c1-14-11-15(2)13-20(12-14)29(26,27)28-19-9-5-17(6-10-19)23-21(25)22-16-3-7-18(24)8-4-16/h3-13,24H,1-2H3,(H2,22,23,25). The molecular formula is C21H20N2O5S. The Hall–Kier alpha value is -3.52. The zero-order chi connectivity index (χ0) is 21.0. The summed E-state index contributed by atoms with van der Waals surface area (Å²) >= 11 is 0. The molecule has 3 aromatic rings. The third kappa shape index (κ3) is 5.49. The molecule has 0 saturated carbocycles. The number of nitrogens with one attached hydrogen (secondary N) is 2. The van der Waals surface area contributed by atoms with Gasteiger partial charge in [-0.25, -0.2) is 4.79 Å². The van der Waals surface area contributed by atoms with Gasteiger partial charge in [-0.15, -0.1) is 0 Å². The zero-order valence-corrected chi connectivity index (χ0v) is 16.7. The number of hydrogen-bond acceptors (Lipinski definition) is 5. The molecule has 0 radical (unpaired) electrons. The average molecular weight is 412 g/mol. The predicted molar refractivity (Wildman–Crippen MR) is 111 cm³/mol. The largest absolute Gasteiger partial charge is 0.508 e. The van der Waals surface area contributed by atoms with Crippen molar-refractivity contribution < 1.29 is 22.5 Å². The molecule has 7 nitrogen and oxygen atoms in total. The lowest BCUT2D eigenvalue weighted by atomic mass is 10.2. The Bertz CT molecular complexity index is 1100. The number of rotatable bonds is 5. The van der Waals surface area contributed by atoms with Gasteiger partial charge in [0.1, 0.15) is 16.4 Å². The van der Waals surface area contributed by atoms with Gasteiger partial charge in [-0.3, -0.25) is 0 Å². The molecule has 150 valence electrons. The van der Waals surface area contributed by atoms with E-state index in [9.17, 15) is 18.3 Å². The van der Waals surface area contributed by atoms with Crippen molar-refractivity contribution in [2.75, 3.05) is 10.6 Å². The van der Waals surface area contributed by atoms with Gasteiger partial charge in [-0.1, -0.05) is 6.07 Å². The molecule has 0 bridgehead atoms. The third-order valence-electron chi connectivity index (χ3n) is 3.93. The smallest absolute Gasteiger partial charge is 0.339 e. The molecule has 29 heavy (non-hydrogen) atoms. The van der Waals surface area contributed by atoms with E-state index in [-0.39, 0.29) is 16.4 Å². The first-order chi connectivity index (χ1) is 13.7. The molecule has 0 aromatic heterocycles. The Morgan fingerprint density at radius 3 is 1.83 bits per heavy atom. The fourth-order valence-electron chi connectivity index (χ4n) is 2.68. The van der Waals surface area contributed by atoms with E-state index in [0.717, 1.165) is 11.1 Å². The summed E-state index contributed by atoms with van der Waals surface area (Å²) in [5.41, 5.74) is 2.62. The van der Waals surface area contributed by atoms with Crippen molar-refractivity contribution in [1.29, 1.82) is 0 Å². The van der Waals surface area contributed by atoms with Crippen molar-refractivity contribution in [2.45, 2.75) is 18.7 Å². The second-order valence-corrected chi connectivity index (χ2v) is 8.06. The maximum Gasteiger partial charge on any atom is 0.339 e. The van der Waals surface area contributed by atoms with Crippen LogP contribution in [0.1, 0.15) is 11.1 Å². The number of aryl methyl sites for hydroxylation is 2. The quantitative estimate of drug-likeness (QED) is 0.425. The lowest BCUT2D eigenvalue weighted by Gasteiger charge is -2.10. The molecule has 0 aliphatic heterocycles. The highest BCUT2D eigenvalue weighted by atomic mass is 32.2. The second kappa shape index (κ2) is 8.24. The van der Waals surface area contributed by atoms with Gasteiger partial charge in [-0.05, 0) is 85.6 Å². The van der Waals surface area contributed by atoms with Crippen LogP contribution in [0, 0.1) is 13.8 Å². The van der Waals surface area contributed by atoms with Crippen LogP contribution in [-0.2, 0) is 10.1 Å². The molecule has 2 amide bonds. The highest BCUT2D eigenvalue weighted by Gasteiger charge is 2.17. The maximum atomic E-state index is 12.5. The molecular weight excluding hydrogens is 392 g/mol. The predicted octanol–water partition coefficient (Wildman–Crippen LogP) is 4.42. The number of hydrogen-bond donors (Lipinski definition) is 3. The van der Waals surface area contributed by atoms with Crippen molar-refractivity contribution in [1.82, 2.24) is 0 Å². The summed E-state index contributed by atoms with van der Waals surface area (Å²) in [5.74, 6) is 0.232. The molecule has 0 fully saturated rings. The number of aromatic hydroxyl groups is 1. The Balaban J connectivity index is 1.65. The minimum absolute atomic E-state index is 0.0884. The van der Waals surface area contributed by atoms with Crippen LogP contribution >= 0.6 is 0 Å². The summed E-state index contributed by atoms with van der Waals surface area (Å²) in [7, 11) is -3.96. The molecule has 8 heteroatoms. The minimum Gasteiger partial charge on any atom is -0.508 e. The van der Waals surface area contributed by atoms with Crippen molar-refractivity contribution in [3.63, 3.8) is 0 Å². The van der Waals surface area contributed by atoms with Crippen LogP contribution in [-0.4, -0.2) is 19.6 Å². The fourth-order valence-corrected chi connectivity index (χ4v) is 3.81. The number of benzene rings is 3. The molecule has 0 saturated heterocycles. The Kier molecular flexibility index (Phi) is 5.74. The van der Waals surface area contributed by atoms with Gasteiger partial charge in [0.05, 0.1) is 0 Å². The first-order valence-electron chi connectivity index (χ1n) is 8.71. The van der Waals surface area contributed by atoms with Gasteiger partial charge in [0.25, 0.3) is 0 Å². The van der Waals surface area contributed by atoms with Crippen molar-refractivity contribution in [3.8, 4) is 11.5 Å². The highest BCUT2D eigenvalue weighted by molar-refractivity contribution is 7.87. The van der Waals surface area contributed by atoms with E-state index in [2.05, 4.69) is 10.6 Å². The molecule has 3 aromatic carbocycles. The van der Waals surface area contributed by atoms with E-state index in [1.807, 2.05) is 19.9 Å². The molecule has 0 spiro atoms. The van der Waals surface area contributed by atoms with E-state index in [0.29, 0.717) is 11.4 Å². The van der Waals surface area contributed by atoms with E-state index >= 15 is 0 Å². The summed E-state index contributed by atoms with van der Waals surface area (Å²) in [6.07, 6.45) is 0. The molecule has 3 rings (SSSR count). The molecule has 0 atom stereocenters. The number of urea groups is 1. The Labute approximate surface area is 169 Å². The van der Waals surface area contributed by atoms with Gasteiger partial charge >= 0.3 is 16.1 Å².